The molecule has 0 fully saturated rings. The lowest BCUT2D eigenvalue weighted by molar-refractivity contribution is -0.192. The second kappa shape index (κ2) is 12.5. The standard InChI is InChI=1S/C26H29N3O.C2HF3O2/c1-18(2)14-29-26(30)24-11-23(16-27-17-24)20-9-7-19(8-10-20)15-28-25-12-21-5-3-4-6-22(21)13-25;3-2(4,5)1(6)7/h3-11,16-18,25,28H,12-15H2,1-2H3,(H,29,30);(H,6,7). The van der Waals surface area contributed by atoms with Gasteiger partial charge in [0.25, 0.3) is 5.91 Å². The quantitative estimate of drug-likeness (QED) is 0.413. The number of carbonyl (C=O) groups excluding carboxylic acids is 1. The van der Waals surface area contributed by atoms with Gasteiger partial charge in [-0.2, -0.15) is 13.2 Å². The van der Waals surface area contributed by atoms with Gasteiger partial charge in [-0.3, -0.25) is 9.78 Å². The number of carboxylic acid groups (broad SMARTS) is 1. The average Bonchev–Trinajstić information content (AvgIpc) is 3.29. The van der Waals surface area contributed by atoms with Crippen molar-refractivity contribution < 1.29 is 27.9 Å². The summed E-state index contributed by atoms with van der Waals surface area (Å²) in [6.45, 7) is 5.68. The number of fused-ring (bicyclic) bond motifs is 1. The number of hydrogen-bond acceptors (Lipinski definition) is 4. The minimum absolute atomic E-state index is 0.0727. The fourth-order valence-corrected chi connectivity index (χ4v) is 3.90. The summed E-state index contributed by atoms with van der Waals surface area (Å²) in [5, 5.41) is 13.8. The molecule has 0 saturated heterocycles. The third-order valence-corrected chi connectivity index (χ3v) is 5.85. The van der Waals surface area contributed by atoms with E-state index >= 15 is 0 Å². The van der Waals surface area contributed by atoms with Crippen LogP contribution in [0.25, 0.3) is 11.1 Å². The van der Waals surface area contributed by atoms with Crippen molar-refractivity contribution in [2.24, 2.45) is 5.92 Å². The number of hydrogen-bond donors (Lipinski definition) is 3. The van der Waals surface area contributed by atoms with Gasteiger partial charge in [0.1, 0.15) is 0 Å². The van der Waals surface area contributed by atoms with Crippen LogP contribution in [0.15, 0.2) is 67.0 Å². The maximum atomic E-state index is 12.3. The highest BCUT2D eigenvalue weighted by molar-refractivity contribution is 5.95. The Hall–Kier alpha value is -3.72. The number of benzene rings is 2. The van der Waals surface area contributed by atoms with Crippen molar-refractivity contribution in [1.29, 1.82) is 0 Å². The van der Waals surface area contributed by atoms with Crippen LogP contribution >= 0.6 is 0 Å². The molecule has 1 heterocycles. The van der Waals surface area contributed by atoms with E-state index in [1.165, 1.54) is 16.7 Å². The molecule has 37 heavy (non-hydrogen) atoms. The van der Waals surface area contributed by atoms with Gasteiger partial charge in [-0.15, -0.1) is 0 Å². The van der Waals surface area contributed by atoms with Crippen molar-refractivity contribution in [2.45, 2.75) is 45.5 Å². The fraction of sp³-hybridized carbons (Fsp3) is 0.321. The van der Waals surface area contributed by atoms with E-state index in [1.807, 2.05) is 12.3 Å². The van der Waals surface area contributed by atoms with Crippen LogP contribution in [0, 0.1) is 5.92 Å². The topological polar surface area (TPSA) is 91.3 Å². The minimum atomic E-state index is -5.08. The molecule has 3 N–H and O–H groups in total. The van der Waals surface area contributed by atoms with E-state index in [4.69, 9.17) is 9.90 Å². The highest BCUT2D eigenvalue weighted by Crippen LogP contribution is 2.23. The maximum absolute atomic E-state index is 12.3. The van der Waals surface area contributed by atoms with Gasteiger partial charge in [-0.05, 0) is 47.1 Å². The first-order chi connectivity index (χ1) is 17.5. The molecule has 1 aliphatic carbocycles. The van der Waals surface area contributed by atoms with E-state index in [0.717, 1.165) is 30.5 Å². The molecule has 4 rings (SSSR count). The lowest BCUT2D eigenvalue weighted by Gasteiger charge is -2.12. The summed E-state index contributed by atoms with van der Waals surface area (Å²) in [7, 11) is 0. The third kappa shape index (κ3) is 8.42. The Morgan fingerprint density at radius 3 is 2.14 bits per heavy atom. The molecule has 2 aromatic carbocycles. The normalized spacial score (nSPS) is 13.0. The number of aliphatic carboxylic acids is 1. The van der Waals surface area contributed by atoms with Gasteiger partial charge in [0.2, 0.25) is 0 Å². The Bertz CT molecular complexity index is 1190. The molecular weight excluding hydrogens is 483 g/mol. The summed E-state index contributed by atoms with van der Waals surface area (Å²) in [4.78, 5) is 25.5. The van der Waals surface area contributed by atoms with E-state index in [1.54, 1.807) is 6.20 Å². The van der Waals surface area contributed by atoms with Crippen molar-refractivity contribution in [3.8, 4) is 11.1 Å². The number of amides is 1. The van der Waals surface area contributed by atoms with Crippen molar-refractivity contribution >= 4 is 11.9 Å². The largest absolute Gasteiger partial charge is 0.490 e. The Balaban J connectivity index is 0.000000479. The number of rotatable bonds is 7. The Kier molecular flexibility index (Phi) is 9.41. The summed E-state index contributed by atoms with van der Waals surface area (Å²) in [5.74, 6) is -2.41. The molecule has 1 amide bonds. The molecule has 196 valence electrons. The first-order valence-corrected chi connectivity index (χ1v) is 12.0. The van der Waals surface area contributed by atoms with Crippen LogP contribution in [0.3, 0.4) is 0 Å². The number of nitrogens with one attached hydrogen (secondary N) is 2. The predicted molar refractivity (Wildman–Crippen MR) is 135 cm³/mol. The maximum Gasteiger partial charge on any atom is 0.490 e. The zero-order valence-corrected chi connectivity index (χ0v) is 20.7. The van der Waals surface area contributed by atoms with Crippen LogP contribution < -0.4 is 10.6 Å². The first-order valence-electron chi connectivity index (χ1n) is 12.0. The summed E-state index contributed by atoms with van der Waals surface area (Å²) >= 11 is 0. The number of pyridine rings is 1. The lowest BCUT2D eigenvalue weighted by Crippen LogP contribution is -2.28. The summed E-state index contributed by atoms with van der Waals surface area (Å²) in [6.07, 6.45) is 0.552. The second-order valence-corrected chi connectivity index (χ2v) is 9.32. The smallest absolute Gasteiger partial charge is 0.475 e. The van der Waals surface area contributed by atoms with Crippen molar-refractivity contribution in [1.82, 2.24) is 15.6 Å². The summed E-state index contributed by atoms with van der Waals surface area (Å²) < 4.78 is 31.7. The van der Waals surface area contributed by atoms with Gasteiger partial charge in [0, 0.05) is 37.1 Å². The Morgan fingerprint density at radius 1 is 1.00 bits per heavy atom. The molecule has 0 saturated carbocycles. The van der Waals surface area contributed by atoms with Crippen LogP contribution in [0.1, 0.15) is 40.9 Å². The number of halogens is 3. The van der Waals surface area contributed by atoms with Crippen LogP contribution in [-0.2, 0) is 24.2 Å². The molecule has 0 unspecified atom stereocenters. The third-order valence-electron chi connectivity index (χ3n) is 5.85. The van der Waals surface area contributed by atoms with Crippen molar-refractivity contribution in [2.75, 3.05) is 6.54 Å². The molecule has 1 aromatic heterocycles. The van der Waals surface area contributed by atoms with E-state index in [2.05, 4.69) is 78.0 Å². The predicted octanol–water partition coefficient (Wildman–Crippen LogP) is 5.02. The molecule has 0 atom stereocenters. The van der Waals surface area contributed by atoms with Gasteiger partial charge in [-0.1, -0.05) is 62.4 Å². The Labute approximate surface area is 213 Å². The SMILES string of the molecule is CC(C)CNC(=O)c1cncc(-c2ccc(CNC3Cc4ccccc4C3)cc2)c1.O=C(O)C(F)(F)F. The molecule has 0 aliphatic heterocycles. The van der Waals surface area contributed by atoms with Crippen LogP contribution in [-0.4, -0.2) is 40.7 Å². The zero-order valence-electron chi connectivity index (χ0n) is 20.7. The second-order valence-electron chi connectivity index (χ2n) is 9.32. The molecule has 1 aliphatic rings. The number of nitrogens with zero attached hydrogens (tertiary/aromatic N) is 1. The molecule has 0 bridgehead atoms. The highest BCUT2D eigenvalue weighted by Gasteiger charge is 2.38. The number of alkyl halides is 3. The van der Waals surface area contributed by atoms with Gasteiger partial charge in [0.05, 0.1) is 5.56 Å². The van der Waals surface area contributed by atoms with Crippen LogP contribution in [0.4, 0.5) is 13.2 Å². The van der Waals surface area contributed by atoms with Crippen LogP contribution in [0.2, 0.25) is 0 Å². The Morgan fingerprint density at radius 2 is 1.59 bits per heavy atom. The van der Waals surface area contributed by atoms with E-state index < -0.39 is 12.1 Å². The van der Waals surface area contributed by atoms with Crippen LogP contribution in [0.5, 0.6) is 0 Å². The molecule has 6 nitrogen and oxygen atoms in total. The lowest BCUT2D eigenvalue weighted by atomic mass is 10.0. The van der Waals surface area contributed by atoms with Gasteiger partial charge in [-0.25, -0.2) is 4.79 Å². The van der Waals surface area contributed by atoms with Gasteiger partial charge < -0.3 is 15.7 Å². The zero-order chi connectivity index (χ0) is 27.0. The highest BCUT2D eigenvalue weighted by atomic mass is 19.4. The van der Waals surface area contributed by atoms with Crippen molar-refractivity contribution in [3.05, 3.63) is 89.2 Å². The van der Waals surface area contributed by atoms with E-state index in [0.29, 0.717) is 24.1 Å². The molecule has 9 heteroatoms. The molecular formula is C28H30F3N3O3. The van der Waals surface area contributed by atoms with Gasteiger partial charge in [0.15, 0.2) is 0 Å². The van der Waals surface area contributed by atoms with Gasteiger partial charge >= 0.3 is 12.1 Å². The summed E-state index contributed by atoms with van der Waals surface area (Å²) in [6, 6.07) is 19.6. The average molecular weight is 514 g/mol. The van der Waals surface area contributed by atoms with Crippen molar-refractivity contribution in [3.63, 3.8) is 0 Å². The van der Waals surface area contributed by atoms with E-state index in [9.17, 15) is 18.0 Å². The fourth-order valence-electron chi connectivity index (χ4n) is 3.90. The summed E-state index contributed by atoms with van der Waals surface area (Å²) in [5.41, 5.74) is 6.81. The molecule has 0 radical (unpaired) electrons. The molecule has 0 spiro atoms. The number of aromatic nitrogens is 1. The van der Waals surface area contributed by atoms with E-state index in [-0.39, 0.29) is 5.91 Å². The number of carbonyl (C=O) groups is 2. The monoisotopic (exact) mass is 513 g/mol. The number of carboxylic acids is 1. The minimum Gasteiger partial charge on any atom is -0.475 e. The molecule has 3 aromatic rings. The first kappa shape index (κ1) is 27.9.